The molecule has 7 heteroatoms. The predicted octanol–water partition coefficient (Wildman–Crippen LogP) is 3.50. The van der Waals surface area contributed by atoms with E-state index in [1.165, 1.54) is 37.4 Å². The van der Waals surface area contributed by atoms with Crippen LogP contribution >= 0.6 is 0 Å². The Morgan fingerprint density at radius 1 is 1.32 bits per heavy atom. The second kappa shape index (κ2) is 6.30. The molecule has 0 spiro atoms. The van der Waals surface area contributed by atoms with E-state index in [0.717, 1.165) is 0 Å². The van der Waals surface area contributed by atoms with Crippen molar-refractivity contribution >= 4 is 17.1 Å². The number of nitrogens with one attached hydrogen (secondary N) is 1. The van der Waals surface area contributed by atoms with E-state index in [0.29, 0.717) is 11.3 Å². The quantitative estimate of drug-likeness (QED) is 0.501. The van der Waals surface area contributed by atoms with E-state index in [4.69, 9.17) is 10.5 Å². The fourth-order valence-electron chi connectivity index (χ4n) is 2.10. The number of nitrogens with two attached hydrogens (primary N) is 1. The molecular weight excluding hydrogens is 289 g/mol. The zero-order valence-corrected chi connectivity index (χ0v) is 12.2. The molecule has 0 radical (unpaired) electrons. The van der Waals surface area contributed by atoms with Gasteiger partial charge in [-0.1, -0.05) is 6.07 Å². The molecule has 2 aromatic carbocycles. The standard InChI is InChI=1S/C15H16FN3O3/c1-9(10-3-6-15(22-2)12(16)7-10)18-13-8-11(17)4-5-14(13)19(20)21/h3-9,18H,17H2,1-2H3/t9-/m0/s1. The number of nitrogen functional groups attached to an aromatic ring is 1. The number of halogens is 1. The van der Waals surface area contributed by atoms with Crippen LogP contribution < -0.4 is 15.8 Å². The molecule has 22 heavy (non-hydrogen) atoms. The van der Waals surface area contributed by atoms with Crippen molar-refractivity contribution in [1.29, 1.82) is 0 Å². The van der Waals surface area contributed by atoms with Crippen molar-refractivity contribution in [3.05, 3.63) is 57.9 Å². The fourth-order valence-corrected chi connectivity index (χ4v) is 2.10. The number of hydrogen-bond donors (Lipinski definition) is 2. The van der Waals surface area contributed by atoms with Crippen molar-refractivity contribution in [2.45, 2.75) is 13.0 Å². The first kappa shape index (κ1) is 15.6. The van der Waals surface area contributed by atoms with E-state index >= 15 is 0 Å². The van der Waals surface area contributed by atoms with Crippen molar-refractivity contribution in [3.63, 3.8) is 0 Å². The van der Waals surface area contributed by atoms with Gasteiger partial charge in [0.05, 0.1) is 12.0 Å². The zero-order chi connectivity index (χ0) is 16.3. The van der Waals surface area contributed by atoms with Crippen LogP contribution in [0.5, 0.6) is 5.75 Å². The summed E-state index contributed by atoms with van der Waals surface area (Å²) in [5, 5.41) is 14.0. The average molecular weight is 305 g/mol. The lowest BCUT2D eigenvalue weighted by atomic mass is 10.1. The average Bonchev–Trinajstić information content (AvgIpc) is 2.46. The molecule has 0 aliphatic carbocycles. The summed E-state index contributed by atoms with van der Waals surface area (Å²) in [4.78, 5) is 10.5. The van der Waals surface area contributed by atoms with Crippen LogP contribution in [0.15, 0.2) is 36.4 Å². The number of benzene rings is 2. The summed E-state index contributed by atoms with van der Waals surface area (Å²) in [6, 6.07) is 8.46. The molecular formula is C15H16FN3O3. The van der Waals surface area contributed by atoms with Gasteiger partial charge in [-0.2, -0.15) is 0 Å². The van der Waals surface area contributed by atoms with Crippen molar-refractivity contribution in [2.75, 3.05) is 18.2 Å². The molecule has 0 bridgehead atoms. The van der Waals surface area contributed by atoms with Gasteiger partial charge in [-0.25, -0.2) is 4.39 Å². The fraction of sp³-hybridized carbons (Fsp3) is 0.200. The molecule has 0 saturated heterocycles. The van der Waals surface area contributed by atoms with Gasteiger partial charge in [0, 0.05) is 17.8 Å². The second-order valence-electron chi connectivity index (χ2n) is 4.79. The Hall–Kier alpha value is -2.83. The normalized spacial score (nSPS) is 11.8. The van der Waals surface area contributed by atoms with E-state index in [9.17, 15) is 14.5 Å². The molecule has 1 atom stereocenters. The van der Waals surface area contributed by atoms with Crippen LogP contribution in [0.4, 0.5) is 21.5 Å². The highest BCUT2D eigenvalue weighted by Gasteiger charge is 2.17. The summed E-state index contributed by atoms with van der Waals surface area (Å²) in [7, 11) is 1.38. The van der Waals surface area contributed by atoms with Crippen LogP contribution in [-0.4, -0.2) is 12.0 Å². The third kappa shape index (κ3) is 3.25. The zero-order valence-electron chi connectivity index (χ0n) is 12.2. The molecule has 0 aliphatic rings. The number of nitrogens with zero attached hydrogens (tertiary/aromatic N) is 1. The summed E-state index contributed by atoms with van der Waals surface area (Å²) < 4.78 is 18.6. The number of methoxy groups -OCH3 is 1. The summed E-state index contributed by atoms with van der Waals surface area (Å²) in [5.41, 5.74) is 6.90. The van der Waals surface area contributed by atoms with Gasteiger partial charge in [0.2, 0.25) is 0 Å². The Labute approximate surface area is 126 Å². The van der Waals surface area contributed by atoms with Crippen molar-refractivity contribution in [2.24, 2.45) is 0 Å². The summed E-state index contributed by atoms with van der Waals surface area (Å²) in [5.74, 6) is -0.346. The van der Waals surface area contributed by atoms with Crippen LogP contribution in [0.25, 0.3) is 0 Å². The Morgan fingerprint density at radius 2 is 2.05 bits per heavy atom. The van der Waals surface area contributed by atoms with E-state index < -0.39 is 10.7 Å². The number of nitro groups is 1. The van der Waals surface area contributed by atoms with Crippen LogP contribution in [0.3, 0.4) is 0 Å². The highest BCUT2D eigenvalue weighted by Crippen LogP contribution is 2.31. The summed E-state index contributed by atoms with van der Waals surface area (Å²) in [6.45, 7) is 1.77. The first-order valence-electron chi connectivity index (χ1n) is 6.56. The lowest BCUT2D eigenvalue weighted by Crippen LogP contribution is -2.09. The molecule has 6 nitrogen and oxygen atoms in total. The van der Waals surface area contributed by atoms with Gasteiger partial charge in [0.25, 0.3) is 5.69 Å². The van der Waals surface area contributed by atoms with Crippen molar-refractivity contribution in [1.82, 2.24) is 0 Å². The van der Waals surface area contributed by atoms with Gasteiger partial charge < -0.3 is 15.8 Å². The predicted molar refractivity (Wildman–Crippen MR) is 82.5 cm³/mol. The monoisotopic (exact) mass is 305 g/mol. The topological polar surface area (TPSA) is 90.4 Å². The van der Waals surface area contributed by atoms with E-state index in [1.54, 1.807) is 13.0 Å². The minimum atomic E-state index is -0.497. The van der Waals surface area contributed by atoms with Crippen LogP contribution in [-0.2, 0) is 0 Å². The Morgan fingerprint density at radius 3 is 2.64 bits per heavy atom. The Balaban J connectivity index is 2.29. The number of nitro benzene ring substituents is 1. The van der Waals surface area contributed by atoms with Gasteiger partial charge in [-0.15, -0.1) is 0 Å². The van der Waals surface area contributed by atoms with Gasteiger partial charge in [0.15, 0.2) is 11.6 Å². The third-order valence-electron chi connectivity index (χ3n) is 3.27. The van der Waals surface area contributed by atoms with Crippen molar-refractivity contribution < 1.29 is 14.1 Å². The van der Waals surface area contributed by atoms with Gasteiger partial charge in [-0.05, 0) is 36.8 Å². The van der Waals surface area contributed by atoms with Gasteiger partial charge in [-0.3, -0.25) is 10.1 Å². The van der Waals surface area contributed by atoms with E-state index in [1.807, 2.05) is 0 Å². The number of hydrogen-bond acceptors (Lipinski definition) is 5. The second-order valence-corrected chi connectivity index (χ2v) is 4.79. The third-order valence-corrected chi connectivity index (χ3v) is 3.27. The maximum atomic E-state index is 13.7. The molecule has 0 aromatic heterocycles. The number of anilines is 2. The highest BCUT2D eigenvalue weighted by atomic mass is 19.1. The van der Waals surface area contributed by atoms with E-state index in [-0.39, 0.29) is 23.2 Å². The molecule has 0 saturated carbocycles. The van der Waals surface area contributed by atoms with E-state index in [2.05, 4.69) is 5.32 Å². The largest absolute Gasteiger partial charge is 0.494 e. The maximum absolute atomic E-state index is 13.7. The van der Waals surface area contributed by atoms with Crippen LogP contribution in [0, 0.1) is 15.9 Å². The Kier molecular flexibility index (Phi) is 4.45. The maximum Gasteiger partial charge on any atom is 0.292 e. The minimum absolute atomic E-state index is 0.0879. The lowest BCUT2D eigenvalue weighted by molar-refractivity contribution is -0.384. The SMILES string of the molecule is COc1ccc([C@H](C)Nc2cc(N)ccc2[N+](=O)[O-])cc1F. The molecule has 2 aromatic rings. The molecule has 0 aliphatic heterocycles. The lowest BCUT2D eigenvalue weighted by Gasteiger charge is -2.17. The summed E-state index contributed by atoms with van der Waals surface area (Å²) >= 11 is 0. The molecule has 0 unspecified atom stereocenters. The first-order chi connectivity index (χ1) is 10.4. The molecule has 0 fully saturated rings. The minimum Gasteiger partial charge on any atom is -0.494 e. The molecule has 0 heterocycles. The molecule has 0 amide bonds. The first-order valence-corrected chi connectivity index (χ1v) is 6.56. The molecule has 116 valence electrons. The van der Waals surface area contributed by atoms with Gasteiger partial charge >= 0.3 is 0 Å². The molecule has 2 rings (SSSR count). The smallest absolute Gasteiger partial charge is 0.292 e. The van der Waals surface area contributed by atoms with Gasteiger partial charge in [0.1, 0.15) is 5.69 Å². The van der Waals surface area contributed by atoms with Crippen LogP contribution in [0.2, 0.25) is 0 Å². The number of ether oxygens (including phenoxy) is 1. The van der Waals surface area contributed by atoms with Crippen LogP contribution in [0.1, 0.15) is 18.5 Å². The highest BCUT2D eigenvalue weighted by molar-refractivity contribution is 5.67. The Bertz CT molecular complexity index is 706. The van der Waals surface area contributed by atoms with Crippen molar-refractivity contribution in [3.8, 4) is 5.75 Å². The molecule has 3 N–H and O–H groups in total. The summed E-state index contributed by atoms with van der Waals surface area (Å²) in [6.07, 6.45) is 0. The number of rotatable bonds is 5.